The topological polar surface area (TPSA) is 44.5 Å². The van der Waals surface area contributed by atoms with E-state index >= 15 is 0 Å². The first kappa shape index (κ1) is 10.6. The van der Waals surface area contributed by atoms with Gasteiger partial charge in [0.25, 0.3) is 0 Å². The molecule has 0 radical (unpaired) electrons. The van der Waals surface area contributed by atoms with E-state index in [-0.39, 0.29) is 12.4 Å². The molecule has 0 spiro atoms. The van der Waals surface area contributed by atoms with Crippen LogP contribution in [0.3, 0.4) is 0 Å². The van der Waals surface area contributed by atoms with Crippen molar-refractivity contribution < 1.29 is 9.47 Å². The highest BCUT2D eigenvalue weighted by Gasteiger charge is 2.26. The van der Waals surface area contributed by atoms with Gasteiger partial charge < -0.3 is 15.2 Å². The summed E-state index contributed by atoms with van der Waals surface area (Å²) in [5.74, 6) is 0. The van der Waals surface area contributed by atoms with Crippen molar-refractivity contribution in [2.24, 2.45) is 5.73 Å². The molecule has 0 aromatic heterocycles. The minimum Gasteiger partial charge on any atom is -0.356 e. The Balaban J connectivity index is 2.25. The van der Waals surface area contributed by atoms with Gasteiger partial charge in [-0.1, -0.05) is 24.3 Å². The van der Waals surface area contributed by atoms with Gasteiger partial charge in [-0.15, -0.1) is 0 Å². The van der Waals surface area contributed by atoms with Gasteiger partial charge in [-0.3, -0.25) is 0 Å². The molecule has 15 heavy (non-hydrogen) atoms. The zero-order valence-electron chi connectivity index (χ0n) is 8.98. The van der Waals surface area contributed by atoms with E-state index in [2.05, 4.69) is 18.2 Å². The molecule has 2 atom stereocenters. The van der Waals surface area contributed by atoms with Crippen molar-refractivity contribution in [1.29, 1.82) is 0 Å². The van der Waals surface area contributed by atoms with Crippen LogP contribution in [-0.2, 0) is 15.9 Å². The second-order valence-electron chi connectivity index (χ2n) is 3.77. The molecule has 1 aromatic carbocycles. The van der Waals surface area contributed by atoms with Crippen molar-refractivity contribution in [3.05, 3.63) is 35.4 Å². The molecule has 82 valence electrons. The second-order valence-corrected chi connectivity index (χ2v) is 3.77. The Morgan fingerprint density at radius 3 is 3.00 bits per heavy atom. The smallest absolute Gasteiger partial charge is 0.162 e. The average molecular weight is 207 g/mol. The van der Waals surface area contributed by atoms with Crippen LogP contribution in [0.2, 0.25) is 0 Å². The lowest BCUT2D eigenvalue weighted by atomic mass is 9.95. The Hall–Kier alpha value is -0.900. The van der Waals surface area contributed by atoms with Crippen molar-refractivity contribution in [2.45, 2.75) is 25.2 Å². The fraction of sp³-hybridized carbons (Fsp3) is 0.500. The SMILES string of the molecule is COC1Cc2ccccc2C(CCN)O1. The van der Waals surface area contributed by atoms with Gasteiger partial charge in [0.15, 0.2) is 6.29 Å². The third kappa shape index (κ3) is 2.20. The Labute approximate surface area is 90.2 Å². The molecular weight excluding hydrogens is 190 g/mol. The Morgan fingerprint density at radius 1 is 1.47 bits per heavy atom. The summed E-state index contributed by atoms with van der Waals surface area (Å²) in [6.07, 6.45) is 1.63. The normalized spacial score (nSPS) is 24.9. The number of hydrogen-bond donors (Lipinski definition) is 1. The lowest BCUT2D eigenvalue weighted by molar-refractivity contribution is -0.165. The van der Waals surface area contributed by atoms with Crippen LogP contribution in [0.25, 0.3) is 0 Å². The van der Waals surface area contributed by atoms with Gasteiger partial charge in [0.2, 0.25) is 0 Å². The summed E-state index contributed by atoms with van der Waals surface area (Å²) >= 11 is 0. The molecule has 1 aromatic rings. The standard InChI is InChI=1S/C12H17NO2/c1-14-12-8-9-4-2-3-5-10(9)11(15-12)6-7-13/h2-5,11-12H,6-8,13H2,1H3. The van der Waals surface area contributed by atoms with E-state index in [1.807, 2.05) is 6.07 Å². The molecule has 0 bridgehead atoms. The summed E-state index contributed by atoms with van der Waals surface area (Å²) in [5, 5.41) is 0. The van der Waals surface area contributed by atoms with Gasteiger partial charge in [0.1, 0.15) is 0 Å². The molecule has 3 nitrogen and oxygen atoms in total. The number of rotatable bonds is 3. The number of benzene rings is 1. The summed E-state index contributed by atoms with van der Waals surface area (Å²) in [6, 6.07) is 8.34. The molecule has 0 amide bonds. The first-order valence-corrected chi connectivity index (χ1v) is 5.31. The highest BCUT2D eigenvalue weighted by atomic mass is 16.7. The van der Waals surface area contributed by atoms with Crippen LogP contribution in [0, 0.1) is 0 Å². The molecule has 2 rings (SSSR count). The zero-order valence-corrected chi connectivity index (χ0v) is 8.98. The maximum atomic E-state index is 5.80. The Kier molecular flexibility index (Phi) is 3.36. The molecule has 1 aliphatic rings. The number of nitrogens with two attached hydrogens (primary N) is 1. The van der Waals surface area contributed by atoms with Crippen molar-refractivity contribution in [1.82, 2.24) is 0 Å². The first-order chi connectivity index (χ1) is 7.35. The van der Waals surface area contributed by atoms with Crippen LogP contribution in [0.4, 0.5) is 0 Å². The molecule has 2 N–H and O–H groups in total. The molecule has 0 aliphatic carbocycles. The Morgan fingerprint density at radius 2 is 2.27 bits per heavy atom. The van der Waals surface area contributed by atoms with Crippen LogP contribution in [0.15, 0.2) is 24.3 Å². The molecular formula is C12H17NO2. The summed E-state index contributed by atoms with van der Waals surface area (Å²) < 4.78 is 11.1. The second kappa shape index (κ2) is 4.75. The lowest BCUT2D eigenvalue weighted by Gasteiger charge is -2.31. The minimum atomic E-state index is -0.128. The Bertz CT molecular complexity index is 327. The maximum Gasteiger partial charge on any atom is 0.162 e. The third-order valence-electron chi connectivity index (χ3n) is 2.80. The quantitative estimate of drug-likeness (QED) is 0.819. The summed E-state index contributed by atoms with van der Waals surface area (Å²) in [4.78, 5) is 0. The number of ether oxygens (including phenoxy) is 2. The van der Waals surface area contributed by atoms with Gasteiger partial charge in [0.05, 0.1) is 6.10 Å². The van der Waals surface area contributed by atoms with Crippen LogP contribution >= 0.6 is 0 Å². The lowest BCUT2D eigenvalue weighted by Crippen LogP contribution is -2.28. The van der Waals surface area contributed by atoms with Gasteiger partial charge in [0, 0.05) is 13.5 Å². The molecule has 1 heterocycles. The zero-order chi connectivity index (χ0) is 10.7. The van der Waals surface area contributed by atoms with E-state index in [0.29, 0.717) is 6.54 Å². The molecule has 0 saturated carbocycles. The minimum absolute atomic E-state index is 0.0879. The van der Waals surface area contributed by atoms with Crippen molar-refractivity contribution in [2.75, 3.05) is 13.7 Å². The van der Waals surface area contributed by atoms with Gasteiger partial charge in [-0.25, -0.2) is 0 Å². The monoisotopic (exact) mass is 207 g/mol. The largest absolute Gasteiger partial charge is 0.356 e. The molecule has 0 fully saturated rings. The molecule has 1 aliphatic heterocycles. The van der Waals surface area contributed by atoms with Gasteiger partial charge in [-0.05, 0) is 24.1 Å². The van der Waals surface area contributed by atoms with Crippen LogP contribution < -0.4 is 5.73 Å². The summed E-state index contributed by atoms with van der Waals surface area (Å²) in [7, 11) is 1.68. The summed E-state index contributed by atoms with van der Waals surface area (Å²) in [6.45, 7) is 0.634. The van der Waals surface area contributed by atoms with E-state index in [9.17, 15) is 0 Å². The van der Waals surface area contributed by atoms with E-state index in [1.165, 1.54) is 11.1 Å². The van der Waals surface area contributed by atoms with Crippen molar-refractivity contribution in [3.63, 3.8) is 0 Å². The average Bonchev–Trinajstić information content (AvgIpc) is 2.29. The fourth-order valence-electron chi connectivity index (χ4n) is 2.03. The third-order valence-corrected chi connectivity index (χ3v) is 2.80. The predicted molar refractivity (Wildman–Crippen MR) is 58.4 cm³/mol. The molecule has 0 saturated heterocycles. The fourth-order valence-corrected chi connectivity index (χ4v) is 2.03. The molecule has 3 heteroatoms. The first-order valence-electron chi connectivity index (χ1n) is 5.31. The van der Waals surface area contributed by atoms with E-state index in [4.69, 9.17) is 15.2 Å². The van der Waals surface area contributed by atoms with E-state index < -0.39 is 0 Å². The van der Waals surface area contributed by atoms with Crippen LogP contribution in [0.1, 0.15) is 23.7 Å². The van der Waals surface area contributed by atoms with Crippen molar-refractivity contribution in [3.8, 4) is 0 Å². The predicted octanol–water partition coefficient (Wildman–Crippen LogP) is 1.62. The number of hydrogen-bond acceptors (Lipinski definition) is 3. The van der Waals surface area contributed by atoms with Crippen LogP contribution in [0.5, 0.6) is 0 Å². The van der Waals surface area contributed by atoms with Crippen LogP contribution in [-0.4, -0.2) is 19.9 Å². The van der Waals surface area contributed by atoms with Crippen molar-refractivity contribution >= 4 is 0 Å². The van der Waals surface area contributed by atoms with E-state index in [0.717, 1.165) is 12.8 Å². The molecule has 2 unspecified atom stereocenters. The van der Waals surface area contributed by atoms with Gasteiger partial charge in [-0.2, -0.15) is 0 Å². The van der Waals surface area contributed by atoms with E-state index in [1.54, 1.807) is 7.11 Å². The highest BCUT2D eigenvalue weighted by molar-refractivity contribution is 5.31. The van der Waals surface area contributed by atoms with Gasteiger partial charge >= 0.3 is 0 Å². The maximum absolute atomic E-state index is 5.80. The summed E-state index contributed by atoms with van der Waals surface area (Å²) in [5.41, 5.74) is 8.16. The number of methoxy groups -OCH3 is 1. The highest BCUT2D eigenvalue weighted by Crippen LogP contribution is 2.32. The number of fused-ring (bicyclic) bond motifs is 1.